The molecule has 4 heteroatoms. The van der Waals surface area contributed by atoms with Gasteiger partial charge in [0, 0.05) is 18.2 Å². The van der Waals surface area contributed by atoms with E-state index in [1.807, 2.05) is 0 Å². The van der Waals surface area contributed by atoms with Gasteiger partial charge in [-0.05, 0) is 62.7 Å². The van der Waals surface area contributed by atoms with E-state index in [9.17, 15) is 9.18 Å². The standard InChI is InChI=1S/C20H23FN2O/c1-15-3-2-4-16(13-15)14-23-11-9-17(10-12-23)20(24)22-19-7-5-18(21)6-8-19/h2-8,13,17H,9-12,14H2,1H3,(H,22,24). The van der Waals surface area contributed by atoms with Crippen molar-refractivity contribution in [2.24, 2.45) is 5.92 Å². The first-order valence-corrected chi connectivity index (χ1v) is 8.44. The number of piperidine rings is 1. The van der Waals surface area contributed by atoms with Gasteiger partial charge < -0.3 is 5.32 Å². The van der Waals surface area contributed by atoms with Crippen molar-refractivity contribution >= 4 is 11.6 Å². The molecule has 3 rings (SSSR count). The van der Waals surface area contributed by atoms with Crippen LogP contribution in [-0.4, -0.2) is 23.9 Å². The summed E-state index contributed by atoms with van der Waals surface area (Å²) in [7, 11) is 0. The number of carbonyl (C=O) groups is 1. The Balaban J connectivity index is 1.49. The van der Waals surface area contributed by atoms with Crippen LogP contribution in [-0.2, 0) is 11.3 Å². The highest BCUT2D eigenvalue weighted by atomic mass is 19.1. The Kier molecular flexibility index (Phi) is 5.26. The van der Waals surface area contributed by atoms with Crippen molar-refractivity contribution in [3.8, 4) is 0 Å². The number of hydrogen-bond acceptors (Lipinski definition) is 2. The number of likely N-dealkylation sites (tertiary alicyclic amines) is 1. The SMILES string of the molecule is Cc1cccc(CN2CCC(C(=O)Nc3ccc(F)cc3)CC2)c1. The quantitative estimate of drug-likeness (QED) is 0.921. The molecule has 126 valence electrons. The van der Waals surface area contributed by atoms with Gasteiger partial charge in [0.1, 0.15) is 5.82 Å². The Bertz CT molecular complexity index is 691. The Morgan fingerprint density at radius 3 is 2.54 bits per heavy atom. The zero-order valence-corrected chi connectivity index (χ0v) is 14.0. The predicted octanol–water partition coefficient (Wildman–Crippen LogP) is 3.98. The van der Waals surface area contributed by atoms with Crippen LogP contribution in [0.4, 0.5) is 10.1 Å². The molecular weight excluding hydrogens is 303 g/mol. The van der Waals surface area contributed by atoms with Crippen LogP contribution in [0.15, 0.2) is 48.5 Å². The topological polar surface area (TPSA) is 32.3 Å². The molecule has 0 atom stereocenters. The molecule has 2 aromatic rings. The molecule has 2 aromatic carbocycles. The van der Waals surface area contributed by atoms with Gasteiger partial charge in [-0.15, -0.1) is 0 Å². The summed E-state index contributed by atoms with van der Waals surface area (Å²) in [6, 6.07) is 14.5. The van der Waals surface area contributed by atoms with Crippen LogP contribution in [0.25, 0.3) is 0 Å². The zero-order valence-electron chi connectivity index (χ0n) is 14.0. The van der Waals surface area contributed by atoms with Crippen molar-refractivity contribution in [1.82, 2.24) is 4.90 Å². The summed E-state index contributed by atoms with van der Waals surface area (Å²) in [6.45, 7) is 4.90. The molecule has 1 aliphatic heterocycles. The maximum atomic E-state index is 12.9. The van der Waals surface area contributed by atoms with E-state index in [1.165, 1.54) is 23.3 Å². The number of halogens is 1. The van der Waals surface area contributed by atoms with E-state index in [-0.39, 0.29) is 17.6 Å². The van der Waals surface area contributed by atoms with Gasteiger partial charge in [0.2, 0.25) is 5.91 Å². The lowest BCUT2D eigenvalue weighted by Crippen LogP contribution is -2.37. The second kappa shape index (κ2) is 7.58. The highest BCUT2D eigenvalue weighted by molar-refractivity contribution is 5.92. The van der Waals surface area contributed by atoms with Crippen LogP contribution in [0.3, 0.4) is 0 Å². The Morgan fingerprint density at radius 1 is 1.17 bits per heavy atom. The first-order chi connectivity index (χ1) is 11.6. The molecule has 24 heavy (non-hydrogen) atoms. The van der Waals surface area contributed by atoms with Crippen LogP contribution >= 0.6 is 0 Å². The van der Waals surface area contributed by atoms with Crippen LogP contribution in [0.1, 0.15) is 24.0 Å². The van der Waals surface area contributed by atoms with E-state index in [0.29, 0.717) is 5.69 Å². The molecular formula is C20H23FN2O. The third-order valence-electron chi connectivity index (χ3n) is 4.56. The van der Waals surface area contributed by atoms with Crippen molar-refractivity contribution in [1.29, 1.82) is 0 Å². The van der Waals surface area contributed by atoms with E-state index >= 15 is 0 Å². The minimum atomic E-state index is -0.294. The smallest absolute Gasteiger partial charge is 0.227 e. The third kappa shape index (κ3) is 4.42. The lowest BCUT2D eigenvalue weighted by molar-refractivity contribution is -0.121. The number of anilines is 1. The normalized spacial score (nSPS) is 16.1. The van der Waals surface area contributed by atoms with Gasteiger partial charge in [-0.2, -0.15) is 0 Å². The first kappa shape index (κ1) is 16.7. The highest BCUT2D eigenvalue weighted by Gasteiger charge is 2.25. The van der Waals surface area contributed by atoms with E-state index < -0.39 is 0 Å². The van der Waals surface area contributed by atoms with Gasteiger partial charge in [0.05, 0.1) is 0 Å². The molecule has 1 aliphatic rings. The van der Waals surface area contributed by atoms with Crippen molar-refractivity contribution < 1.29 is 9.18 Å². The summed E-state index contributed by atoms with van der Waals surface area (Å²) in [5.41, 5.74) is 3.26. The van der Waals surface area contributed by atoms with Crippen LogP contribution in [0.2, 0.25) is 0 Å². The Labute approximate surface area is 142 Å². The van der Waals surface area contributed by atoms with Gasteiger partial charge >= 0.3 is 0 Å². The summed E-state index contributed by atoms with van der Waals surface area (Å²) in [6.07, 6.45) is 1.72. The monoisotopic (exact) mass is 326 g/mol. The second-order valence-corrected chi connectivity index (χ2v) is 6.54. The second-order valence-electron chi connectivity index (χ2n) is 6.54. The summed E-state index contributed by atoms with van der Waals surface area (Å²) in [5, 5.41) is 2.89. The van der Waals surface area contributed by atoms with Gasteiger partial charge in [-0.1, -0.05) is 29.8 Å². The molecule has 1 saturated heterocycles. The molecule has 0 spiro atoms. The largest absolute Gasteiger partial charge is 0.326 e. The number of benzene rings is 2. The number of aryl methyl sites for hydroxylation is 1. The van der Waals surface area contributed by atoms with E-state index in [4.69, 9.17) is 0 Å². The fourth-order valence-electron chi connectivity index (χ4n) is 3.20. The summed E-state index contributed by atoms with van der Waals surface area (Å²) >= 11 is 0. The van der Waals surface area contributed by atoms with Gasteiger partial charge in [0.15, 0.2) is 0 Å². The minimum Gasteiger partial charge on any atom is -0.326 e. The van der Waals surface area contributed by atoms with E-state index in [1.54, 1.807) is 12.1 Å². The molecule has 0 saturated carbocycles. The molecule has 0 radical (unpaired) electrons. The lowest BCUT2D eigenvalue weighted by Gasteiger charge is -2.31. The van der Waals surface area contributed by atoms with Gasteiger partial charge in [-0.3, -0.25) is 9.69 Å². The van der Waals surface area contributed by atoms with Crippen molar-refractivity contribution in [2.45, 2.75) is 26.3 Å². The highest BCUT2D eigenvalue weighted by Crippen LogP contribution is 2.21. The molecule has 3 nitrogen and oxygen atoms in total. The summed E-state index contributed by atoms with van der Waals surface area (Å²) in [5.74, 6) is -0.224. The Hall–Kier alpha value is -2.20. The number of hydrogen-bond donors (Lipinski definition) is 1. The zero-order chi connectivity index (χ0) is 16.9. The third-order valence-corrected chi connectivity index (χ3v) is 4.56. The molecule has 0 aromatic heterocycles. The first-order valence-electron chi connectivity index (χ1n) is 8.44. The van der Waals surface area contributed by atoms with Crippen LogP contribution in [0, 0.1) is 18.7 Å². The minimum absolute atomic E-state index is 0.0313. The fourth-order valence-corrected chi connectivity index (χ4v) is 3.20. The van der Waals surface area contributed by atoms with Crippen LogP contribution < -0.4 is 5.32 Å². The van der Waals surface area contributed by atoms with Gasteiger partial charge in [-0.25, -0.2) is 4.39 Å². The number of carbonyl (C=O) groups excluding carboxylic acids is 1. The van der Waals surface area contributed by atoms with Crippen LogP contribution in [0.5, 0.6) is 0 Å². The molecule has 0 aliphatic carbocycles. The van der Waals surface area contributed by atoms with E-state index in [0.717, 1.165) is 32.5 Å². The van der Waals surface area contributed by atoms with Gasteiger partial charge in [0.25, 0.3) is 0 Å². The maximum Gasteiger partial charge on any atom is 0.227 e. The number of amides is 1. The number of nitrogens with one attached hydrogen (secondary N) is 1. The molecule has 1 amide bonds. The van der Waals surface area contributed by atoms with E-state index in [2.05, 4.69) is 41.4 Å². The molecule has 1 fully saturated rings. The number of rotatable bonds is 4. The molecule has 1 N–H and O–H groups in total. The fraction of sp³-hybridized carbons (Fsp3) is 0.350. The molecule has 1 heterocycles. The lowest BCUT2D eigenvalue weighted by atomic mass is 9.95. The molecule has 0 unspecified atom stereocenters. The molecule has 0 bridgehead atoms. The average molecular weight is 326 g/mol. The summed E-state index contributed by atoms with van der Waals surface area (Å²) < 4.78 is 12.9. The van der Waals surface area contributed by atoms with Crippen molar-refractivity contribution in [2.75, 3.05) is 18.4 Å². The van der Waals surface area contributed by atoms with Crippen molar-refractivity contribution in [3.05, 3.63) is 65.5 Å². The number of nitrogens with zero attached hydrogens (tertiary/aromatic N) is 1. The predicted molar refractivity (Wildman–Crippen MR) is 94.2 cm³/mol. The summed E-state index contributed by atoms with van der Waals surface area (Å²) in [4.78, 5) is 14.7. The average Bonchev–Trinajstić information content (AvgIpc) is 2.57. The van der Waals surface area contributed by atoms with Crippen molar-refractivity contribution in [3.63, 3.8) is 0 Å². The maximum absolute atomic E-state index is 12.9. The Morgan fingerprint density at radius 2 is 1.88 bits per heavy atom.